The van der Waals surface area contributed by atoms with Crippen molar-refractivity contribution in [3.8, 4) is 0 Å². The van der Waals surface area contributed by atoms with E-state index >= 15 is 0 Å². The maximum atomic E-state index is 9.13. The zero-order chi connectivity index (χ0) is 13.2. The summed E-state index contributed by atoms with van der Waals surface area (Å²) in [5.41, 5.74) is 1.34. The Labute approximate surface area is 110 Å². The van der Waals surface area contributed by atoms with Gasteiger partial charge in [-0.25, -0.2) is 0 Å². The minimum Gasteiger partial charge on any atom is -0.396 e. The second-order valence-electron chi connectivity index (χ2n) is 6.37. The maximum Gasteiger partial charge on any atom is 0.0543 e. The normalized spacial score (nSPS) is 19.3. The lowest BCUT2D eigenvalue weighted by atomic mass is 9.98. The van der Waals surface area contributed by atoms with Gasteiger partial charge in [0.05, 0.1) is 11.7 Å². The molecule has 0 radical (unpaired) electrons. The van der Waals surface area contributed by atoms with Crippen molar-refractivity contribution in [3.63, 3.8) is 0 Å². The molecule has 0 aliphatic carbocycles. The van der Waals surface area contributed by atoms with E-state index < -0.39 is 0 Å². The lowest BCUT2D eigenvalue weighted by molar-refractivity contribution is 0.127. The first-order valence-corrected chi connectivity index (χ1v) is 6.86. The molecule has 0 amide bonds. The van der Waals surface area contributed by atoms with Gasteiger partial charge >= 0.3 is 0 Å². The molecule has 2 heterocycles. The lowest BCUT2D eigenvalue weighted by Gasteiger charge is -2.30. The Hall–Kier alpha value is -0.870. The molecule has 4 nitrogen and oxygen atoms in total. The molecule has 2 rings (SSSR count). The zero-order valence-electron chi connectivity index (χ0n) is 11.8. The number of aliphatic hydroxyl groups is 1. The zero-order valence-corrected chi connectivity index (χ0v) is 11.8. The number of aromatic nitrogens is 2. The topological polar surface area (TPSA) is 41.3 Å². The van der Waals surface area contributed by atoms with E-state index in [1.165, 1.54) is 5.56 Å². The van der Waals surface area contributed by atoms with Crippen LogP contribution in [-0.2, 0) is 12.1 Å². The highest BCUT2D eigenvalue weighted by atomic mass is 16.3. The summed E-state index contributed by atoms with van der Waals surface area (Å²) in [5.74, 6) is 0.513. The second kappa shape index (κ2) is 5.41. The summed E-state index contributed by atoms with van der Waals surface area (Å²) in [4.78, 5) is 2.45. The SMILES string of the molecule is CC(C)(C)n1cc(CN2CCC(CO)CC2)cn1. The third-order valence-electron chi connectivity index (χ3n) is 3.69. The summed E-state index contributed by atoms with van der Waals surface area (Å²) in [6.07, 6.45) is 6.36. The van der Waals surface area contributed by atoms with Crippen molar-refractivity contribution in [1.29, 1.82) is 0 Å². The van der Waals surface area contributed by atoms with Gasteiger partial charge in [-0.05, 0) is 52.6 Å². The molecule has 4 heteroatoms. The quantitative estimate of drug-likeness (QED) is 0.891. The predicted octanol–water partition coefficient (Wildman–Crippen LogP) is 1.84. The fourth-order valence-corrected chi connectivity index (χ4v) is 2.39. The van der Waals surface area contributed by atoms with Crippen molar-refractivity contribution in [1.82, 2.24) is 14.7 Å². The molecule has 0 atom stereocenters. The molecular weight excluding hydrogens is 226 g/mol. The average molecular weight is 251 g/mol. The number of piperidine rings is 1. The number of aliphatic hydroxyl groups excluding tert-OH is 1. The average Bonchev–Trinajstić information content (AvgIpc) is 2.78. The Bertz CT molecular complexity index is 373. The highest BCUT2D eigenvalue weighted by molar-refractivity contribution is 5.05. The molecule has 18 heavy (non-hydrogen) atoms. The van der Waals surface area contributed by atoms with Crippen molar-refractivity contribution in [2.24, 2.45) is 5.92 Å². The van der Waals surface area contributed by atoms with Crippen LogP contribution < -0.4 is 0 Å². The van der Waals surface area contributed by atoms with Crippen LogP contribution >= 0.6 is 0 Å². The summed E-state index contributed by atoms with van der Waals surface area (Å²) in [5, 5.41) is 13.6. The van der Waals surface area contributed by atoms with Crippen molar-refractivity contribution >= 4 is 0 Å². The van der Waals surface area contributed by atoms with Crippen LogP contribution in [0.2, 0.25) is 0 Å². The first-order valence-electron chi connectivity index (χ1n) is 6.86. The largest absolute Gasteiger partial charge is 0.396 e. The van der Waals surface area contributed by atoms with Crippen LogP contribution in [0.3, 0.4) is 0 Å². The van der Waals surface area contributed by atoms with Gasteiger partial charge in [0, 0.05) is 24.9 Å². The Morgan fingerprint density at radius 1 is 1.33 bits per heavy atom. The summed E-state index contributed by atoms with van der Waals surface area (Å²) < 4.78 is 2.03. The van der Waals surface area contributed by atoms with Gasteiger partial charge in [-0.3, -0.25) is 9.58 Å². The molecule has 1 aliphatic rings. The van der Waals surface area contributed by atoms with E-state index in [1.54, 1.807) is 0 Å². The second-order valence-corrected chi connectivity index (χ2v) is 6.37. The Balaban J connectivity index is 1.89. The van der Waals surface area contributed by atoms with E-state index in [4.69, 9.17) is 5.11 Å². The Kier molecular flexibility index (Phi) is 4.07. The smallest absolute Gasteiger partial charge is 0.0543 e. The molecule has 1 saturated heterocycles. The lowest BCUT2D eigenvalue weighted by Crippen LogP contribution is -2.34. The van der Waals surface area contributed by atoms with Crippen LogP contribution in [0.15, 0.2) is 12.4 Å². The molecule has 102 valence electrons. The predicted molar refractivity (Wildman–Crippen MR) is 72.3 cm³/mol. The first kappa shape index (κ1) is 13.6. The van der Waals surface area contributed by atoms with E-state index in [2.05, 4.69) is 37.0 Å². The van der Waals surface area contributed by atoms with Gasteiger partial charge in [0.2, 0.25) is 0 Å². The van der Waals surface area contributed by atoms with Crippen molar-refractivity contribution < 1.29 is 5.11 Å². The molecule has 0 aromatic carbocycles. The number of rotatable bonds is 3. The van der Waals surface area contributed by atoms with E-state index in [0.717, 1.165) is 32.5 Å². The van der Waals surface area contributed by atoms with Gasteiger partial charge in [0.15, 0.2) is 0 Å². The number of likely N-dealkylation sites (tertiary alicyclic amines) is 1. The van der Waals surface area contributed by atoms with Crippen LogP contribution in [0.4, 0.5) is 0 Å². The van der Waals surface area contributed by atoms with Crippen LogP contribution in [0.25, 0.3) is 0 Å². The van der Waals surface area contributed by atoms with Crippen LogP contribution in [0.5, 0.6) is 0 Å². The van der Waals surface area contributed by atoms with E-state index in [-0.39, 0.29) is 5.54 Å². The van der Waals surface area contributed by atoms with Crippen LogP contribution in [0.1, 0.15) is 39.2 Å². The molecule has 0 saturated carbocycles. The Morgan fingerprint density at radius 3 is 2.50 bits per heavy atom. The summed E-state index contributed by atoms with van der Waals surface area (Å²) in [7, 11) is 0. The van der Waals surface area contributed by atoms with Crippen LogP contribution in [0, 0.1) is 5.92 Å². The van der Waals surface area contributed by atoms with Gasteiger partial charge in [-0.2, -0.15) is 5.10 Å². The highest BCUT2D eigenvalue weighted by Gasteiger charge is 2.19. The van der Waals surface area contributed by atoms with Gasteiger partial charge in [0.1, 0.15) is 0 Å². The third-order valence-corrected chi connectivity index (χ3v) is 3.69. The van der Waals surface area contributed by atoms with E-state index in [9.17, 15) is 0 Å². The summed E-state index contributed by atoms with van der Waals surface area (Å²) in [6.45, 7) is 9.99. The van der Waals surface area contributed by atoms with Gasteiger partial charge < -0.3 is 5.11 Å². The molecule has 1 aliphatic heterocycles. The number of nitrogens with zero attached hydrogens (tertiary/aromatic N) is 3. The minimum absolute atomic E-state index is 0.0577. The van der Waals surface area contributed by atoms with Crippen LogP contribution in [-0.4, -0.2) is 39.5 Å². The third kappa shape index (κ3) is 3.33. The maximum absolute atomic E-state index is 9.13. The molecule has 1 fully saturated rings. The van der Waals surface area contributed by atoms with Crippen molar-refractivity contribution in [2.75, 3.05) is 19.7 Å². The monoisotopic (exact) mass is 251 g/mol. The highest BCUT2D eigenvalue weighted by Crippen LogP contribution is 2.19. The molecule has 0 bridgehead atoms. The minimum atomic E-state index is 0.0577. The molecular formula is C14H25N3O. The number of hydrogen-bond acceptors (Lipinski definition) is 3. The molecule has 1 aromatic rings. The molecule has 1 N–H and O–H groups in total. The van der Waals surface area contributed by atoms with E-state index in [1.807, 2.05) is 10.9 Å². The van der Waals surface area contributed by atoms with Gasteiger partial charge in [0.25, 0.3) is 0 Å². The van der Waals surface area contributed by atoms with E-state index in [0.29, 0.717) is 12.5 Å². The summed E-state index contributed by atoms with van der Waals surface area (Å²) >= 11 is 0. The fourth-order valence-electron chi connectivity index (χ4n) is 2.39. The van der Waals surface area contributed by atoms with Gasteiger partial charge in [-0.15, -0.1) is 0 Å². The Morgan fingerprint density at radius 2 is 2.00 bits per heavy atom. The molecule has 0 spiro atoms. The molecule has 1 aromatic heterocycles. The van der Waals surface area contributed by atoms with Crippen molar-refractivity contribution in [3.05, 3.63) is 18.0 Å². The number of hydrogen-bond donors (Lipinski definition) is 1. The summed E-state index contributed by atoms with van der Waals surface area (Å²) in [6, 6.07) is 0. The first-order chi connectivity index (χ1) is 8.49. The molecule has 0 unspecified atom stereocenters. The fraction of sp³-hybridized carbons (Fsp3) is 0.786. The standard InChI is InChI=1S/C14H25N3O/c1-14(2,3)17-10-13(8-15-17)9-16-6-4-12(11-18)5-7-16/h8,10,12,18H,4-7,9,11H2,1-3H3. The van der Waals surface area contributed by atoms with Crippen molar-refractivity contribution in [2.45, 2.75) is 45.7 Å². The van der Waals surface area contributed by atoms with Gasteiger partial charge in [-0.1, -0.05) is 0 Å².